The Morgan fingerprint density at radius 2 is 2.33 bits per heavy atom. The summed E-state index contributed by atoms with van der Waals surface area (Å²) in [6, 6.07) is 0.137. The Kier molecular flexibility index (Phi) is 4.73. The number of carbonyl (C=O) groups is 1. The molecular formula is C10H19NO3S. The summed E-state index contributed by atoms with van der Waals surface area (Å²) in [4.78, 5) is 13.4. The number of aliphatic hydroxyl groups excluding tert-OH is 1. The predicted molar refractivity (Wildman–Crippen MR) is 59.9 cm³/mol. The second-order valence-electron chi connectivity index (χ2n) is 4.21. The number of rotatable bonds is 5. The topological polar surface area (TPSA) is 57.6 Å². The molecule has 1 N–H and O–H groups in total. The molecule has 1 fully saturated rings. The van der Waals surface area contributed by atoms with E-state index in [9.17, 15) is 9.00 Å². The Morgan fingerprint density at radius 3 is 2.80 bits per heavy atom. The van der Waals surface area contributed by atoms with Crippen molar-refractivity contribution in [3.63, 3.8) is 0 Å². The first kappa shape index (κ1) is 12.6. The lowest BCUT2D eigenvalue weighted by molar-refractivity contribution is -0.129. The molecule has 0 bridgehead atoms. The van der Waals surface area contributed by atoms with Gasteiger partial charge in [0.1, 0.15) is 0 Å². The highest BCUT2D eigenvalue weighted by molar-refractivity contribution is 7.84. The molecule has 0 spiro atoms. The van der Waals surface area contributed by atoms with Crippen LogP contribution in [0.2, 0.25) is 0 Å². The fraction of sp³-hybridized carbons (Fsp3) is 0.900. The summed E-state index contributed by atoms with van der Waals surface area (Å²) < 4.78 is 10.9. The highest BCUT2D eigenvalue weighted by Gasteiger charge is 2.31. The van der Waals surface area contributed by atoms with Crippen LogP contribution in [0.1, 0.15) is 19.8 Å². The van der Waals surface area contributed by atoms with Crippen molar-refractivity contribution in [2.24, 2.45) is 5.92 Å². The van der Waals surface area contributed by atoms with Crippen LogP contribution in [0.5, 0.6) is 0 Å². The summed E-state index contributed by atoms with van der Waals surface area (Å²) in [5.74, 6) is 0.838. The van der Waals surface area contributed by atoms with Gasteiger partial charge >= 0.3 is 0 Å². The van der Waals surface area contributed by atoms with Crippen LogP contribution in [-0.4, -0.2) is 51.3 Å². The van der Waals surface area contributed by atoms with Crippen molar-refractivity contribution in [3.05, 3.63) is 0 Å². The molecule has 1 aliphatic rings. The number of likely N-dealkylation sites (tertiary alicyclic amines) is 1. The Morgan fingerprint density at radius 1 is 1.67 bits per heavy atom. The molecule has 1 amide bonds. The molecule has 5 heteroatoms. The van der Waals surface area contributed by atoms with Crippen LogP contribution >= 0.6 is 0 Å². The molecule has 1 rings (SSSR count). The largest absolute Gasteiger partial charge is 0.396 e. The van der Waals surface area contributed by atoms with Gasteiger partial charge < -0.3 is 10.0 Å². The van der Waals surface area contributed by atoms with E-state index in [-0.39, 0.29) is 24.5 Å². The van der Waals surface area contributed by atoms with Gasteiger partial charge in [0.25, 0.3) is 0 Å². The molecule has 1 saturated heterocycles. The first-order valence-corrected chi connectivity index (χ1v) is 6.97. The van der Waals surface area contributed by atoms with Gasteiger partial charge in [0.15, 0.2) is 0 Å². The maximum Gasteiger partial charge on any atom is 0.223 e. The van der Waals surface area contributed by atoms with E-state index in [2.05, 4.69) is 0 Å². The van der Waals surface area contributed by atoms with E-state index in [0.29, 0.717) is 18.7 Å². The molecule has 4 nitrogen and oxygen atoms in total. The van der Waals surface area contributed by atoms with Gasteiger partial charge in [0.2, 0.25) is 5.91 Å². The molecule has 15 heavy (non-hydrogen) atoms. The Hall–Kier alpha value is -0.420. The van der Waals surface area contributed by atoms with Crippen LogP contribution in [0, 0.1) is 5.92 Å². The number of carbonyl (C=O) groups excluding carboxylic acids is 1. The maximum atomic E-state index is 11.6. The van der Waals surface area contributed by atoms with Crippen LogP contribution in [-0.2, 0) is 15.6 Å². The minimum atomic E-state index is -0.795. The SMILES string of the molecule is CC(CCS(C)=O)N1CC(CO)CC1=O. The van der Waals surface area contributed by atoms with Crippen LogP contribution in [0.15, 0.2) is 0 Å². The summed E-state index contributed by atoms with van der Waals surface area (Å²) in [7, 11) is -0.795. The monoisotopic (exact) mass is 233 g/mol. The Labute approximate surface area is 93.1 Å². The second-order valence-corrected chi connectivity index (χ2v) is 5.77. The van der Waals surface area contributed by atoms with Gasteiger partial charge in [-0.1, -0.05) is 0 Å². The lowest BCUT2D eigenvalue weighted by Gasteiger charge is -2.24. The smallest absolute Gasteiger partial charge is 0.223 e. The third-order valence-corrected chi connectivity index (χ3v) is 3.66. The van der Waals surface area contributed by atoms with Crippen molar-refractivity contribution in [2.45, 2.75) is 25.8 Å². The minimum absolute atomic E-state index is 0.0780. The molecule has 88 valence electrons. The van der Waals surface area contributed by atoms with E-state index in [0.717, 1.165) is 6.42 Å². The number of hydrogen-bond acceptors (Lipinski definition) is 3. The molecule has 0 radical (unpaired) electrons. The molecular weight excluding hydrogens is 214 g/mol. The summed E-state index contributed by atoms with van der Waals surface area (Å²) >= 11 is 0. The average Bonchev–Trinajstić information content (AvgIpc) is 2.56. The third-order valence-electron chi connectivity index (χ3n) is 2.85. The van der Waals surface area contributed by atoms with Crippen molar-refractivity contribution in [2.75, 3.05) is 25.2 Å². The fourth-order valence-corrected chi connectivity index (χ4v) is 2.52. The van der Waals surface area contributed by atoms with E-state index in [1.807, 2.05) is 6.92 Å². The summed E-state index contributed by atoms with van der Waals surface area (Å²) in [6.07, 6.45) is 2.90. The first-order valence-electron chi connectivity index (χ1n) is 5.25. The van der Waals surface area contributed by atoms with E-state index >= 15 is 0 Å². The Bertz CT molecular complexity index is 257. The lowest BCUT2D eigenvalue weighted by atomic mass is 10.1. The molecule has 0 aliphatic carbocycles. The van der Waals surface area contributed by atoms with Gasteiger partial charge in [-0.2, -0.15) is 0 Å². The van der Waals surface area contributed by atoms with Crippen LogP contribution in [0.25, 0.3) is 0 Å². The molecule has 0 aromatic heterocycles. The maximum absolute atomic E-state index is 11.6. The molecule has 1 aliphatic heterocycles. The van der Waals surface area contributed by atoms with Crippen LogP contribution in [0.3, 0.4) is 0 Å². The highest BCUT2D eigenvalue weighted by atomic mass is 32.2. The summed E-state index contributed by atoms with van der Waals surface area (Å²) in [6.45, 7) is 2.70. The number of hydrogen-bond donors (Lipinski definition) is 1. The van der Waals surface area contributed by atoms with Gasteiger partial charge in [0, 0.05) is 54.3 Å². The number of aliphatic hydroxyl groups is 1. The molecule has 0 aromatic rings. The van der Waals surface area contributed by atoms with Crippen LogP contribution in [0.4, 0.5) is 0 Å². The van der Waals surface area contributed by atoms with Crippen molar-refractivity contribution in [1.29, 1.82) is 0 Å². The quantitative estimate of drug-likeness (QED) is 0.726. The molecule has 0 aromatic carbocycles. The second kappa shape index (κ2) is 5.61. The van der Waals surface area contributed by atoms with E-state index in [1.54, 1.807) is 11.2 Å². The average molecular weight is 233 g/mol. The standard InChI is InChI=1S/C10H19NO3S/c1-8(3-4-15(2)14)11-6-9(7-12)5-10(11)13/h8-9,12H,3-7H2,1-2H3. The highest BCUT2D eigenvalue weighted by Crippen LogP contribution is 2.20. The van der Waals surface area contributed by atoms with Crippen molar-refractivity contribution >= 4 is 16.7 Å². The van der Waals surface area contributed by atoms with Crippen LogP contribution < -0.4 is 0 Å². The molecule has 1 heterocycles. The van der Waals surface area contributed by atoms with Gasteiger partial charge in [-0.25, -0.2) is 0 Å². The minimum Gasteiger partial charge on any atom is -0.396 e. The van der Waals surface area contributed by atoms with E-state index in [1.165, 1.54) is 0 Å². The summed E-state index contributed by atoms with van der Waals surface area (Å²) in [5.41, 5.74) is 0. The zero-order valence-electron chi connectivity index (χ0n) is 9.31. The van der Waals surface area contributed by atoms with E-state index < -0.39 is 10.8 Å². The zero-order valence-corrected chi connectivity index (χ0v) is 10.1. The molecule has 3 atom stereocenters. The van der Waals surface area contributed by atoms with Crippen molar-refractivity contribution < 1.29 is 14.1 Å². The fourth-order valence-electron chi connectivity index (χ4n) is 1.85. The predicted octanol–water partition coefficient (Wildman–Crippen LogP) is -0.0157. The first-order chi connectivity index (χ1) is 7.04. The van der Waals surface area contributed by atoms with E-state index in [4.69, 9.17) is 5.11 Å². The molecule has 3 unspecified atom stereocenters. The normalized spacial score (nSPS) is 25.7. The summed E-state index contributed by atoms with van der Waals surface area (Å²) in [5, 5.41) is 8.97. The van der Waals surface area contributed by atoms with Gasteiger partial charge in [-0.15, -0.1) is 0 Å². The zero-order chi connectivity index (χ0) is 11.4. The molecule has 0 saturated carbocycles. The van der Waals surface area contributed by atoms with Gasteiger partial charge in [0.05, 0.1) is 0 Å². The van der Waals surface area contributed by atoms with Gasteiger partial charge in [-0.3, -0.25) is 9.00 Å². The van der Waals surface area contributed by atoms with Crippen molar-refractivity contribution in [3.8, 4) is 0 Å². The number of nitrogens with zero attached hydrogens (tertiary/aromatic N) is 1. The van der Waals surface area contributed by atoms with Gasteiger partial charge in [-0.05, 0) is 13.3 Å². The Balaban J connectivity index is 2.42. The third kappa shape index (κ3) is 3.57. The lowest BCUT2D eigenvalue weighted by Crippen LogP contribution is -2.35. The number of amides is 1. The van der Waals surface area contributed by atoms with Crippen molar-refractivity contribution in [1.82, 2.24) is 4.90 Å².